The summed E-state index contributed by atoms with van der Waals surface area (Å²) in [6.45, 7) is 0.305. The van der Waals surface area contributed by atoms with E-state index < -0.39 is 6.09 Å². The number of carbonyl (C=O) groups excluding carboxylic acids is 1. The van der Waals surface area contributed by atoms with Gasteiger partial charge in [0, 0.05) is 0 Å². The smallest absolute Gasteiger partial charge is 0.412 e. The van der Waals surface area contributed by atoms with E-state index >= 15 is 0 Å². The molecule has 0 spiro atoms. The Hall–Kier alpha value is -2.75. The van der Waals surface area contributed by atoms with Gasteiger partial charge in [-0.3, -0.25) is 0 Å². The molecule has 1 aromatic heterocycles. The quantitative estimate of drug-likeness (QED) is 0.786. The van der Waals surface area contributed by atoms with Crippen LogP contribution in [-0.2, 0) is 6.54 Å². The van der Waals surface area contributed by atoms with Crippen molar-refractivity contribution in [2.45, 2.75) is 6.54 Å². The van der Waals surface area contributed by atoms with Crippen LogP contribution < -0.4 is 10.1 Å². The van der Waals surface area contributed by atoms with E-state index in [0.29, 0.717) is 18.1 Å². The van der Waals surface area contributed by atoms with Crippen LogP contribution in [0.1, 0.15) is 5.76 Å². The SMILES string of the molecule is O=C(NCc1ccco1)Oc1ccc2ccccc2c1. The van der Waals surface area contributed by atoms with Gasteiger partial charge in [0.1, 0.15) is 11.5 Å². The molecule has 0 aliphatic carbocycles. The maximum Gasteiger partial charge on any atom is 0.412 e. The number of ether oxygens (including phenoxy) is 1. The van der Waals surface area contributed by atoms with Gasteiger partial charge in [-0.05, 0) is 35.0 Å². The second-order valence-electron chi connectivity index (χ2n) is 4.33. The maximum absolute atomic E-state index is 11.7. The summed E-state index contributed by atoms with van der Waals surface area (Å²) in [5.74, 6) is 1.20. The third-order valence-corrected chi connectivity index (χ3v) is 2.92. The number of fused-ring (bicyclic) bond motifs is 1. The average Bonchev–Trinajstić information content (AvgIpc) is 2.98. The van der Waals surface area contributed by atoms with Gasteiger partial charge >= 0.3 is 6.09 Å². The Bertz CT molecular complexity index is 719. The predicted molar refractivity (Wildman–Crippen MR) is 75.5 cm³/mol. The summed E-state index contributed by atoms with van der Waals surface area (Å²) in [6, 6.07) is 17.0. The van der Waals surface area contributed by atoms with Crippen LogP contribution in [0, 0.1) is 0 Å². The van der Waals surface area contributed by atoms with Gasteiger partial charge in [0.15, 0.2) is 0 Å². The molecule has 4 heteroatoms. The summed E-state index contributed by atoms with van der Waals surface area (Å²) >= 11 is 0. The molecule has 3 rings (SSSR count). The molecule has 1 heterocycles. The van der Waals surface area contributed by atoms with Crippen molar-refractivity contribution >= 4 is 16.9 Å². The fraction of sp³-hybridized carbons (Fsp3) is 0.0625. The Morgan fingerprint density at radius 2 is 1.90 bits per heavy atom. The zero-order chi connectivity index (χ0) is 13.8. The van der Waals surface area contributed by atoms with Crippen LogP contribution in [0.2, 0.25) is 0 Å². The van der Waals surface area contributed by atoms with Gasteiger partial charge in [-0.15, -0.1) is 0 Å². The number of amides is 1. The summed E-state index contributed by atoms with van der Waals surface area (Å²) in [7, 11) is 0. The highest BCUT2D eigenvalue weighted by atomic mass is 16.6. The minimum absolute atomic E-state index is 0.305. The Labute approximate surface area is 116 Å². The molecule has 0 atom stereocenters. The molecule has 4 nitrogen and oxygen atoms in total. The predicted octanol–water partition coefficient (Wildman–Crippen LogP) is 3.72. The number of benzene rings is 2. The van der Waals surface area contributed by atoms with Gasteiger partial charge in [-0.25, -0.2) is 4.79 Å². The van der Waals surface area contributed by atoms with Crippen molar-refractivity contribution in [2.75, 3.05) is 0 Å². The van der Waals surface area contributed by atoms with E-state index in [-0.39, 0.29) is 0 Å². The lowest BCUT2D eigenvalue weighted by Crippen LogP contribution is -2.26. The minimum Gasteiger partial charge on any atom is -0.467 e. The first-order valence-corrected chi connectivity index (χ1v) is 6.28. The fourth-order valence-electron chi connectivity index (χ4n) is 1.95. The summed E-state index contributed by atoms with van der Waals surface area (Å²) in [6.07, 6.45) is 1.06. The molecule has 0 aliphatic heterocycles. The first-order valence-electron chi connectivity index (χ1n) is 6.28. The molecule has 1 amide bonds. The van der Waals surface area contributed by atoms with Gasteiger partial charge in [0.25, 0.3) is 0 Å². The molecule has 0 saturated carbocycles. The zero-order valence-electron chi connectivity index (χ0n) is 10.7. The molecular weight excluding hydrogens is 254 g/mol. The highest BCUT2D eigenvalue weighted by Crippen LogP contribution is 2.20. The lowest BCUT2D eigenvalue weighted by atomic mass is 10.1. The number of carbonyl (C=O) groups is 1. The molecule has 20 heavy (non-hydrogen) atoms. The Kier molecular flexibility index (Phi) is 3.37. The number of rotatable bonds is 3. The average molecular weight is 267 g/mol. The molecule has 2 aromatic carbocycles. The molecule has 0 saturated heterocycles. The second-order valence-corrected chi connectivity index (χ2v) is 4.33. The van der Waals surface area contributed by atoms with Crippen molar-refractivity contribution < 1.29 is 13.9 Å². The van der Waals surface area contributed by atoms with Crippen LogP contribution in [0.25, 0.3) is 10.8 Å². The number of hydrogen-bond acceptors (Lipinski definition) is 3. The van der Waals surface area contributed by atoms with Crippen LogP contribution in [0.3, 0.4) is 0 Å². The third kappa shape index (κ3) is 2.80. The number of nitrogens with one attached hydrogen (secondary N) is 1. The van der Waals surface area contributed by atoms with Gasteiger partial charge < -0.3 is 14.5 Å². The van der Waals surface area contributed by atoms with Gasteiger partial charge in [0.05, 0.1) is 12.8 Å². The van der Waals surface area contributed by atoms with Gasteiger partial charge in [-0.1, -0.05) is 30.3 Å². The molecule has 0 unspecified atom stereocenters. The van der Waals surface area contributed by atoms with Crippen LogP contribution in [0.15, 0.2) is 65.3 Å². The largest absolute Gasteiger partial charge is 0.467 e. The molecular formula is C16H13NO3. The number of furan rings is 1. The topological polar surface area (TPSA) is 51.5 Å². The van der Waals surface area contributed by atoms with Crippen molar-refractivity contribution in [1.29, 1.82) is 0 Å². The van der Waals surface area contributed by atoms with E-state index in [1.165, 1.54) is 0 Å². The second kappa shape index (κ2) is 5.48. The van der Waals surface area contributed by atoms with E-state index in [0.717, 1.165) is 10.8 Å². The summed E-state index contributed by atoms with van der Waals surface area (Å²) < 4.78 is 10.4. The highest BCUT2D eigenvalue weighted by Gasteiger charge is 2.05. The van der Waals surface area contributed by atoms with Crippen LogP contribution in [0.4, 0.5) is 4.79 Å². The summed E-state index contributed by atoms with van der Waals surface area (Å²) in [5, 5.41) is 4.77. The lowest BCUT2D eigenvalue weighted by molar-refractivity contribution is 0.199. The fourth-order valence-corrected chi connectivity index (χ4v) is 1.95. The standard InChI is InChI=1S/C16H13NO3/c18-16(17-11-15-6-3-9-19-15)20-14-8-7-12-4-1-2-5-13(12)10-14/h1-10H,11H2,(H,17,18). The van der Waals surface area contributed by atoms with Crippen LogP contribution in [0.5, 0.6) is 5.75 Å². The minimum atomic E-state index is -0.503. The van der Waals surface area contributed by atoms with Gasteiger partial charge in [0.2, 0.25) is 0 Å². The first-order chi connectivity index (χ1) is 9.81. The van der Waals surface area contributed by atoms with Crippen molar-refractivity contribution in [1.82, 2.24) is 5.32 Å². The van der Waals surface area contributed by atoms with E-state index in [9.17, 15) is 4.79 Å². The lowest BCUT2D eigenvalue weighted by Gasteiger charge is -2.06. The zero-order valence-corrected chi connectivity index (χ0v) is 10.7. The Morgan fingerprint density at radius 1 is 1.05 bits per heavy atom. The molecule has 0 fully saturated rings. The molecule has 3 aromatic rings. The Morgan fingerprint density at radius 3 is 2.70 bits per heavy atom. The Balaban J connectivity index is 1.65. The van der Waals surface area contributed by atoms with E-state index in [1.54, 1.807) is 24.5 Å². The number of hydrogen-bond donors (Lipinski definition) is 1. The van der Waals surface area contributed by atoms with Crippen molar-refractivity contribution in [3.8, 4) is 5.75 Å². The van der Waals surface area contributed by atoms with Gasteiger partial charge in [-0.2, -0.15) is 0 Å². The molecule has 100 valence electrons. The molecule has 0 bridgehead atoms. The summed E-state index contributed by atoms with van der Waals surface area (Å²) in [4.78, 5) is 11.7. The maximum atomic E-state index is 11.7. The normalized spacial score (nSPS) is 10.4. The summed E-state index contributed by atoms with van der Waals surface area (Å²) in [5.41, 5.74) is 0. The highest BCUT2D eigenvalue weighted by molar-refractivity contribution is 5.84. The van der Waals surface area contributed by atoms with Crippen LogP contribution >= 0.6 is 0 Å². The molecule has 1 N–H and O–H groups in total. The van der Waals surface area contributed by atoms with Crippen molar-refractivity contribution in [3.05, 3.63) is 66.6 Å². The van der Waals surface area contributed by atoms with E-state index in [4.69, 9.17) is 9.15 Å². The molecule has 0 aliphatic rings. The molecule has 0 radical (unpaired) electrons. The van der Waals surface area contributed by atoms with E-state index in [1.807, 2.05) is 36.4 Å². The van der Waals surface area contributed by atoms with Crippen LogP contribution in [-0.4, -0.2) is 6.09 Å². The van der Waals surface area contributed by atoms with Crippen molar-refractivity contribution in [2.24, 2.45) is 0 Å². The first kappa shape index (κ1) is 12.3. The third-order valence-electron chi connectivity index (χ3n) is 2.92. The monoisotopic (exact) mass is 267 g/mol. The van der Waals surface area contributed by atoms with Crippen molar-refractivity contribution in [3.63, 3.8) is 0 Å². The van der Waals surface area contributed by atoms with E-state index in [2.05, 4.69) is 5.32 Å².